The van der Waals surface area contributed by atoms with Gasteiger partial charge in [0.2, 0.25) is 5.91 Å². The summed E-state index contributed by atoms with van der Waals surface area (Å²) in [5, 5.41) is 3.36. The molecule has 1 saturated heterocycles. The fourth-order valence-corrected chi connectivity index (χ4v) is 3.64. The molecule has 108 valence electrons. The van der Waals surface area contributed by atoms with E-state index in [1.54, 1.807) is 0 Å². The quantitative estimate of drug-likeness (QED) is 0.908. The van der Waals surface area contributed by atoms with Gasteiger partial charge >= 0.3 is 0 Å². The summed E-state index contributed by atoms with van der Waals surface area (Å²) in [6.07, 6.45) is 2.09. The van der Waals surface area contributed by atoms with Gasteiger partial charge in [0.1, 0.15) is 0 Å². The highest BCUT2D eigenvalue weighted by molar-refractivity contribution is 7.17. The van der Waals surface area contributed by atoms with Gasteiger partial charge in [0.15, 0.2) is 10.9 Å². The second-order valence-electron chi connectivity index (χ2n) is 6.29. The smallest absolute Gasteiger partial charge is 0.231 e. The maximum Gasteiger partial charge on any atom is 0.231 e. The Bertz CT molecular complexity index is 559. The molecule has 20 heavy (non-hydrogen) atoms. The molecule has 0 spiro atoms. The second-order valence-corrected chi connectivity index (χ2v) is 7.28. The summed E-state index contributed by atoms with van der Waals surface area (Å²) in [5.74, 6) is -0.0122. The maximum absolute atomic E-state index is 12.1. The van der Waals surface area contributed by atoms with Crippen LogP contribution >= 0.6 is 11.3 Å². The Hall–Kier alpha value is -1.27. The topological polar surface area (TPSA) is 68.3 Å². The number of carbonyl (C=O) groups excluding carboxylic acids is 2. The zero-order valence-corrected chi connectivity index (χ0v) is 12.5. The van der Waals surface area contributed by atoms with Crippen molar-refractivity contribution in [2.24, 2.45) is 11.3 Å². The molecular weight excluding hydrogens is 276 g/mol. The average molecular weight is 294 g/mol. The lowest BCUT2D eigenvalue weighted by Crippen LogP contribution is -2.26. The average Bonchev–Trinajstić information content (AvgIpc) is 2.95. The standard InChI is InChI=1S/C14H18N2O3S/c1-14(2)5-9-11(10(17)6-14)20-13(15-9)16-12(18)8-3-4-19-7-8/h8H,3-7H2,1-2H3,(H,15,16,18). The summed E-state index contributed by atoms with van der Waals surface area (Å²) in [6.45, 7) is 5.25. The Morgan fingerprint density at radius 2 is 2.25 bits per heavy atom. The minimum Gasteiger partial charge on any atom is -0.381 e. The van der Waals surface area contributed by atoms with Gasteiger partial charge in [-0.2, -0.15) is 0 Å². The van der Waals surface area contributed by atoms with Gasteiger partial charge in [0.05, 0.1) is 23.1 Å². The highest BCUT2D eigenvalue weighted by Gasteiger charge is 2.34. The first-order valence-corrected chi connectivity index (χ1v) is 7.68. The first-order chi connectivity index (χ1) is 9.44. The number of ketones is 1. The second kappa shape index (κ2) is 4.93. The van der Waals surface area contributed by atoms with E-state index in [2.05, 4.69) is 24.1 Å². The van der Waals surface area contributed by atoms with Crippen molar-refractivity contribution in [3.63, 3.8) is 0 Å². The summed E-state index contributed by atoms with van der Waals surface area (Å²) in [4.78, 5) is 29.3. The molecule has 0 saturated carbocycles. The SMILES string of the molecule is CC1(C)CC(=O)c2sc(NC(=O)C3CCOC3)nc2C1. The van der Waals surface area contributed by atoms with Crippen molar-refractivity contribution in [3.8, 4) is 0 Å². The van der Waals surface area contributed by atoms with Crippen LogP contribution in [0.3, 0.4) is 0 Å². The van der Waals surface area contributed by atoms with E-state index in [1.165, 1.54) is 11.3 Å². The summed E-state index contributed by atoms with van der Waals surface area (Å²) in [6, 6.07) is 0. The van der Waals surface area contributed by atoms with Gasteiger partial charge in [-0.1, -0.05) is 25.2 Å². The zero-order valence-electron chi connectivity index (χ0n) is 11.7. The van der Waals surface area contributed by atoms with Gasteiger partial charge < -0.3 is 10.1 Å². The van der Waals surface area contributed by atoms with E-state index < -0.39 is 0 Å². The molecule has 1 N–H and O–H groups in total. The van der Waals surface area contributed by atoms with Gasteiger partial charge in [0.25, 0.3) is 0 Å². The number of hydrogen-bond donors (Lipinski definition) is 1. The molecule has 3 rings (SSSR count). The Kier molecular flexibility index (Phi) is 3.38. The van der Waals surface area contributed by atoms with Crippen molar-refractivity contribution in [2.75, 3.05) is 18.5 Å². The van der Waals surface area contributed by atoms with Gasteiger partial charge in [-0.25, -0.2) is 4.98 Å². The van der Waals surface area contributed by atoms with Crippen molar-refractivity contribution >= 4 is 28.2 Å². The Labute approximate surface area is 121 Å². The van der Waals surface area contributed by atoms with Crippen LogP contribution < -0.4 is 5.32 Å². The van der Waals surface area contributed by atoms with Crippen LogP contribution in [0.15, 0.2) is 0 Å². The Morgan fingerprint density at radius 3 is 2.95 bits per heavy atom. The molecule has 1 aliphatic carbocycles. The molecule has 1 fully saturated rings. The van der Waals surface area contributed by atoms with Crippen molar-refractivity contribution in [1.29, 1.82) is 0 Å². The molecule has 0 aromatic carbocycles. The van der Waals surface area contributed by atoms with Gasteiger partial charge in [-0.05, 0) is 18.3 Å². The van der Waals surface area contributed by atoms with Crippen LogP contribution in [0, 0.1) is 11.3 Å². The number of ether oxygens (including phenoxy) is 1. The van der Waals surface area contributed by atoms with Crippen molar-refractivity contribution < 1.29 is 14.3 Å². The van der Waals surface area contributed by atoms with Crippen molar-refractivity contribution in [1.82, 2.24) is 4.98 Å². The minimum atomic E-state index is -0.0944. The predicted octanol–water partition coefficient (Wildman–Crippen LogP) is 2.27. The molecule has 1 aromatic heterocycles. The van der Waals surface area contributed by atoms with Crippen LogP contribution in [0.4, 0.5) is 5.13 Å². The number of nitrogens with zero attached hydrogens (tertiary/aromatic N) is 1. The molecule has 0 radical (unpaired) electrons. The Balaban J connectivity index is 1.76. The third-order valence-corrected chi connectivity index (χ3v) is 4.82. The van der Waals surface area contributed by atoms with E-state index in [0.29, 0.717) is 29.6 Å². The third kappa shape index (κ3) is 2.62. The van der Waals surface area contributed by atoms with Crippen LogP contribution in [0.25, 0.3) is 0 Å². The van der Waals surface area contributed by atoms with E-state index in [9.17, 15) is 9.59 Å². The van der Waals surface area contributed by atoms with Gasteiger partial charge in [-0.3, -0.25) is 9.59 Å². The van der Waals surface area contributed by atoms with Crippen LogP contribution in [0.5, 0.6) is 0 Å². The van der Waals surface area contributed by atoms with Crippen LogP contribution in [-0.2, 0) is 16.0 Å². The lowest BCUT2D eigenvalue weighted by atomic mass is 9.78. The summed E-state index contributed by atoms with van der Waals surface area (Å²) < 4.78 is 5.21. The summed E-state index contributed by atoms with van der Waals surface area (Å²) in [7, 11) is 0. The van der Waals surface area contributed by atoms with E-state index in [0.717, 1.165) is 18.5 Å². The first kappa shape index (κ1) is 13.7. The summed E-state index contributed by atoms with van der Waals surface area (Å²) >= 11 is 1.30. The van der Waals surface area contributed by atoms with E-state index in [-0.39, 0.29) is 23.0 Å². The number of fused-ring (bicyclic) bond motifs is 1. The Morgan fingerprint density at radius 1 is 1.45 bits per heavy atom. The van der Waals surface area contributed by atoms with Crippen molar-refractivity contribution in [2.45, 2.75) is 33.1 Å². The summed E-state index contributed by atoms with van der Waals surface area (Å²) in [5.41, 5.74) is 0.785. The molecule has 1 atom stereocenters. The number of amides is 1. The van der Waals surface area contributed by atoms with E-state index in [4.69, 9.17) is 4.74 Å². The first-order valence-electron chi connectivity index (χ1n) is 6.86. The molecule has 1 amide bonds. The number of carbonyl (C=O) groups is 2. The molecule has 6 heteroatoms. The number of Topliss-reactive ketones (excluding diaryl/α,β-unsaturated/α-hetero) is 1. The van der Waals surface area contributed by atoms with Gasteiger partial charge in [0, 0.05) is 13.0 Å². The number of hydrogen-bond acceptors (Lipinski definition) is 5. The number of thiazole rings is 1. The number of anilines is 1. The third-order valence-electron chi connectivity index (χ3n) is 3.77. The van der Waals surface area contributed by atoms with Crippen LogP contribution in [-0.4, -0.2) is 29.9 Å². The predicted molar refractivity (Wildman–Crippen MR) is 76.1 cm³/mol. The molecule has 1 unspecified atom stereocenters. The van der Waals surface area contributed by atoms with E-state index >= 15 is 0 Å². The molecule has 2 aliphatic rings. The molecule has 1 aliphatic heterocycles. The van der Waals surface area contributed by atoms with Gasteiger partial charge in [-0.15, -0.1) is 0 Å². The molecule has 2 heterocycles. The molecular formula is C14H18N2O3S. The number of rotatable bonds is 2. The lowest BCUT2D eigenvalue weighted by molar-refractivity contribution is -0.119. The molecule has 0 bridgehead atoms. The van der Waals surface area contributed by atoms with Crippen LogP contribution in [0.2, 0.25) is 0 Å². The van der Waals surface area contributed by atoms with Crippen molar-refractivity contribution in [3.05, 3.63) is 10.6 Å². The monoisotopic (exact) mass is 294 g/mol. The highest BCUT2D eigenvalue weighted by atomic mass is 32.1. The molecule has 1 aromatic rings. The lowest BCUT2D eigenvalue weighted by Gasteiger charge is -2.26. The fourth-order valence-electron chi connectivity index (χ4n) is 2.72. The minimum absolute atomic E-state index is 0.0429. The normalized spacial score (nSPS) is 24.5. The maximum atomic E-state index is 12.1. The number of nitrogens with one attached hydrogen (secondary N) is 1. The van der Waals surface area contributed by atoms with Crippen LogP contribution in [0.1, 0.15) is 42.1 Å². The number of aromatic nitrogens is 1. The van der Waals surface area contributed by atoms with E-state index in [1.807, 2.05) is 0 Å². The molecule has 5 nitrogen and oxygen atoms in total. The zero-order chi connectivity index (χ0) is 14.3. The fraction of sp³-hybridized carbons (Fsp3) is 0.643. The highest BCUT2D eigenvalue weighted by Crippen LogP contribution is 2.38. The largest absolute Gasteiger partial charge is 0.381 e.